The van der Waals surface area contributed by atoms with Gasteiger partial charge in [0.15, 0.2) is 0 Å². The van der Waals surface area contributed by atoms with Gasteiger partial charge in [-0.15, -0.1) is 0 Å². The number of nitrogens with two attached hydrogens (primary N) is 1. The van der Waals surface area contributed by atoms with Crippen LogP contribution in [0.5, 0.6) is 0 Å². The number of ether oxygens (including phenoxy) is 1. The van der Waals surface area contributed by atoms with Gasteiger partial charge in [-0.1, -0.05) is 0 Å². The van der Waals surface area contributed by atoms with Crippen molar-refractivity contribution in [2.24, 2.45) is 12.8 Å². The Balaban J connectivity index is 2.68. The Hall–Kier alpha value is -1.40. The third-order valence-electron chi connectivity index (χ3n) is 2.52. The summed E-state index contributed by atoms with van der Waals surface area (Å²) in [7, 11) is 3.38. The summed E-state index contributed by atoms with van der Waals surface area (Å²) in [6, 6.07) is 1.71. The number of amides is 1. The predicted octanol–water partition coefficient (Wildman–Crippen LogP) is -0.142. The first-order valence-electron chi connectivity index (χ1n) is 5.67. The maximum atomic E-state index is 12.2. The molecule has 0 fully saturated rings. The van der Waals surface area contributed by atoms with Crippen molar-refractivity contribution in [3.63, 3.8) is 0 Å². The number of aryl methyl sites for hydroxylation is 1. The van der Waals surface area contributed by atoms with Crippen molar-refractivity contribution < 1.29 is 9.53 Å². The monoisotopic (exact) mass is 240 g/mol. The Morgan fingerprint density at radius 2 is 2.35 bits per heavy atom. The van der Waals surface area contributed by atoms with E-state index in [0.717, 1.165) is 6.42 Å². The third-order valence-corrected chi connectivity index (χ3v) is 2.52. The summed E-state index contributed by atoms with van der Waals surface area (Å²) in [6.07, 6.45) is 2.40. The molecule has 17 heavy (non-hydrogen) atoms. The smallest absolute Gasteiger partial charge is 0.272 e. The van der Waals surface area contributed by atoms with E-state index in [1.54, 1.807) is 36.0 Å². The molecule has 1 rings (SSSR count). The molecule has 0 spiro atoms. The van der Waals surface area contributed by atoms with Crippen LogP contribution in [0.4, 0.5) is 0 Å². The van der Waals surface area contributed by atoms with E-state index < -0.39 is 0 Å². The van der Waals surface area contributed by atoms with E-state index in [1.165, 1.54) is 0 Å². The quantitative estimate of drug-likeness (QED) is 0.720. The molecule has 6 nitrogen and oxygen atoms in total. The average molecular weight is 240 g/mol. The SMILES string of the molecule is COCCN(CCCN)C(=O)c1ccnn1C. The van der Waals surface area contributed by atoms with Crippen LogP contribution in [0.25, 0.3) is 0 Å². The maximum Gasteiger partial charge on any atom is 0.272 e. The minimum atomic E-state index is -0.0319. The van der Waals surface area contributed by atoms with Gasteiger partial charge in [0, 0.05) is 33.4 Å². The van der Waals surface area contributed by atoms with Gasteiger partial charge in [-0.25, -0.2) is 0 Å². The van der Waals surface area contributed by atoms with Gasteiger partial charge in [-0.3, -0.25) is 9.48 Å². The Kier molecular flexibility index (Phi) is 5.65. The van der Waals surface area contributed by atoms with Gasteiger partial charge in [0.05, 0.1) is 6.61 Å². The van der Waals surface area contributed by atoms with E-state index in [0.29, 0.717) is 31.9 Å². The maximum absolute atomic E-state index is 12.2. The van der Waals surface area contributed by atoms with Crippen molar-refractivity contribution in [1.82, 2.24) is 14.7 Å². The predicted molar refractivity (Wildman–Crippen MR) is 64.7 cm³/mol. The van der Waals surface area contributed by atoms with Crippen LogP contribution >= 0.6 is 0 Å². The van der Waals surface area contributed by atoms with Crippen LogP contribution in [-0.2, 0) is 11.8 Å². The van der Waals surface area contributed by atoms with Gasteiger partial charge in [0.1, 0.15) is 5.69 Å². The summed E-state index contributed by atoms with van der Waals surface area (Å²) in [6.45, 7) is 2.31. The number of methoxy groups -OCH3 is 1. The van der Waals surface area contributed by atoms with Crippen molar-refractivity contribution >= 4 is 5.91 Å². The van der Waals surface area contributed by atoms with Gasteiger partial charge in [0.25, 0.3) is 5.91 Å². The van der Waals surface area contributed by atoms with Gasteiger partial charge in [0.2, 0.25) is 0 Å². The van der Waals surface area contributed by atoms with E-state index in [-0.39, 0.29) is 5.91 Å². The second-order valence-corrected chi connectivity index (χ2v) is 3.77. The topological polar surface area (TPSA) is 73.4 Å². The van der Waals surface area contributed by atoms with Gasteiger partial charge < -0.3 is 15.4 Å². The van der Waals surface area contributed by atoms with E-state index >= 15 is 0 Å². The highest BCUT2D eigenvalue weighted by Crippen LogP contribution is 2.04. The van der Waals surface area contributed by atoms with Crippen molar-refractivity contribution in [1.29, 1.82) is 0 Å². The lowest BCUT2D eigenvalue weighted by atomic mass is 10.3. The fourth-order valence-corrected chi connectivity index (χ4v) is 1.54. The highest BCUT2D eigenvalue weighted by molar-refractivity contribution is 5.92. The molecule has 0 saturated heterocycles. The van der Waals surface area contributed by atoms with Crippen molar-refractivity contribution in [2.75, 3.05) is 33.4 Å². The summed E-state index contributed by atoms with van der Waals surface area (Å²) in [5.41, 5.74) is 6.05. The first kappa shape index (κ1) is 13.7. The molecule has 0 aliphatic heterocycles. The number of hydrogen-bond donors (Lipinski definition) is 1. The summed E-state index contributed by atoms with van der Waals surface area (Å²) in [4.78, 5) is 14.0. The van der Waals surface area contributed by atoms with E-state index in [9.17, 15) is 4.79 Å². The molecule has 0 aromatic carbocycles. The second-order valence-electron chi connectivity index (χ2n) is 3.77. The zero-order valence-corrected chi connectivity index (χ0v) is 10.4. The Bertz CT molecular complexity index is 343. The number of carbonyl (C=O) groups is 1. The molecule has 0 aliphatic carbocycles. The molecule has 0 bridgehead atoms. The number of nitrogens with zero attached hydrogens (tertiary/aromatic N) is 3. The summed E-state index contributed by atoms with van der Waals surface area (Å²) in [5.74, 6) is -0.0319. The number of aromatic nitrogens is 2. The van der Waals surface area contributed by atoms with Crippen LogP contribution in [0.2, 0.25) is 0 Å². The first-order chi connectivity index (χ1) is 8.20. The molecule has 0 atom stereocenters. The minimum absolute atomic E-state index is 0.0319. The van der Waals surface area contributed by atoms with Crippen LogP contribution < -0.4 is 5.73 Å². The zero-order chi connectivity index (χ0) is 12.7. The zero-order valence-electron chi connectivity index (χ0n) is 10.4. The molecule has 0 radical (unpaired) electrons. The minimum Gasteiger partial charge on any atom is -0.383 e. The van der Waals surface area contributed by atoms with E-state index in [2.05, 4.69) is 5.10 Å². The fraction of sp³-hybridized carbons (Fsp3) is 0.636. The van der Waals surface area contributed by atoms with Crippen molar-refractivity contribution in [3.05, 3.63) is 18.0 Å². The molecule has 1 aromatic rings. The average Bonchev–Trinajstić information content (AvgIpc) is 2.75. The fourth-order valence-electron chi connectivity index (χ4n) is 1.54. The van der Waals surface area contributed by atoms with Gasteiger partial charge in [-0.05, 0) is 19.0 Å². The highest BCUT2D eigenvalue weighted by Gasteiger charge is 2.17. The lowest BCUT2D eigenvalue weighted by Gasteiger charge is -2.22. The van der Waals surface area contributed by atoms with E-state index in [1.807, 2.05) is 0 Å². The van der Waals surface area contributed by atoms with Crippen LogP contribution in [0.1, 0.15) is 16.9 Å². The Morgan fingerprint density at radius 3 is 2.88 bits per heavy atom. The van der Waals surface area contributed by atoms with Crippen LogP contribution in [0.15, 0.2) is 12.3 Å². The summed E-state index contributed by atoms with van der Waals surface area (Å²) < 4.78 is 6.58. The standard InChI is InChI=1S/C11H20N4O2/c1-14-10(4-6-13-14)11(16)15(7-3-5-12)8-9-17-2/h4,6H,3,5,7-9,12H2,1-2H3. The normalized spacial score (nSPS) is 10.5. The highest BCUT2D eigenvalue weighted by atomic mass is 16.5. The molecule has 2 N–H and O–H groups in total. The van der Waals surface area contributed by atoms with Crippen molar-refractivity contribution in [3.8, 4) is 0 Å². The molecule has 96 valence electrons. The molecule has 0 aliphatic rings. The number of rotatable bonds is 7. The summed E-state index contributed by atoms with van der Waals surface area (Å²) in [5, 5.41) is 3.99. The number of carbonyl (C=O) groups excluding carboxylic acids is 1. The molecular formula is C11H20N4O2. The van der Waals surface area contributed by atoms with Gasteiger partial charge in [-0.2, -0.15) is 5.10 Å². The lowest BCUT2D eigenvalue weighted by molar-refractivity contribution is 0.0684. The van der Waals surface area contributed by atoms with Crippen LogP contribution in [0.3, 0.4) is 0 Å². The lowest BCUT2D eigenvalue weighted by Crippen LogP contribution is -2.36. The molecule has 1 amide bonds. The Morgan fingerprint density at radius 1 is 1.59 bits per heavy atom. The van der Waals surface area contributed by atoms with Crippen LogP contribution in [0, 0.1) is 0 Å². The summed E-state index contributed by atoms with van der Waals surface area (Å²) >= 11 is 0. The Labute approximate surface area is 101 Å². The van der Waals surface area contributed by atoms with Crippen LogP contribution in [-0.4, -0.2) is 53.9 Å². The molecular weight excluding hydrogens is 220 g/mol. The molecule has 6 heteroatoms. The third kappa shape index (κ3) is 3.83. The first-order valence-corrected chi connectivity index (χ1v) is 5.67. The molecule has 1 aromatic heterocycles. The largest absolute Gasteiger partial charge is 0.383 e. The molecule has 0 unspecified atom stereocenters. The van der Waals surface area contributed by atoms with E-state index in [4.69, 9.17) is 10.5 Å². The molecule has 1 heterocycles. The number of hydrogen-bond acceptors (Lipinski definition) is 4. The molecule has 0 saturated carbocycles. The van der Waals surface area contributed by atoms with Crippen molar-refractivity contribution in [2.45, 2.75) is 6.42 Å². The second kappa shape index (κ2) is 7.03. The van der Waals surface area contributed by atoms with Gasteiger partial charge >= 0.3 is 0 Å².